The highest BCUT2D eigenvalue weighted by Crippen LogP contribution is 2.08. The highest BCUT2D eigenvalue weighted by Gasteiger charge is 2.02. The molecular formula is C8H15N3. The van der Waals surface area contributed by atoms with Crippen LogP contribution in [0.15, 0.2) is 6.20 Å². The van der Waals surface area contributed by atoms with Crippen molar-refractivity contribution >= 4 is 5.95 Å². The predicted octanol–water partition coefficient (Wildman–Crippen LogP) is 1.44. The van der Waals surface area contributed by atoms with Gasteiger partial charge in [0.05, 0.1) is 6.20 Å². The number of nitrogens with zero attached hydrogens (tertiary/aromatic N) is 2. The van der Waals surface area contributed by atoms with E-state index in [-0.39, 0.29) is 0 Å². The molecule has 0 aromatic carbocycles. The van der Waals surface area contributed by atoms with Crippen LogP contribution in [0.2, 0.25) is 0 Å². The van der Waals surface area contributed by atoms with Crippen molar-refractivity contribution in [3.8, 4) is 0 Å². The first kappa shape index (κ1) is 8.11. The van der Waals surface area contributed by atoms with Gasteiger partial charge < -0.3 is 10.3 Å². The molecule has 3 heteroatoms. The van der Waals surface area contributed by atoms with Gasteiger partial charge in [0, 0.05) is 12.2 Å². The Hall–Kier alpha value is -0.990. The van der Waals surface area contributed by atoms with Crippen LogP contribution >= 0.6 is 0 Å². The van der Waals surface area contributed by atoms with E-state index in [0.29, 0.717) is 5.95 Å². The summed E-state index contributed by atoms with van der Waals surface area (Å²) in [6.45, 7) is 5.23. The Balaban J connectivity index is 2.88. The molecule has 0 saturated carbocycles. The van der Waals surface area contributed by atoms with Gasteiger partial charge in [-0.1, -0.05) is 13.8 Å². The minimum Gasteiger partial charge on any atom is -0.369 e. The quantitative estimate of drug-likeness (QED) is 0.714. The van der Waals surface area contributed by atoms with Gasteiger partial charge in [-0.3, -0.25) is 0 Å². The summed E-state index contributed by atoms with van der Waals surface area (Å²) in [5.74, 6) is 0.642. The molecule has 0 saturated heterocycles. The summed E-state index contributed by atoms with van der Waals surface area (Å²) in [6.07, 6.45) is 3.96. The number of aromatic nitrogens is 2. The predicted molar refractivity (Wildman–Crippen MR) is 46.3 cm³/mol. The zero-order chi connectivity index (χ0) is 8.27. The summed E-state index contributed by atoms with van der Waals surface area (Å²) >= 11 is 0. The zero-order valence-electron chi connectivity index (χ0n) is 7.17. The van der Waals surface area contributed by atoms with E-state index >= 15 is 0 Å². The summed E-state index contributed by atoms with van der Waals surface area (Å²) < 4.78 is 2.07. The molecule has 0 amide bonds. The topological polar surface area (TPSA) is 43.8 Å². The molecule has 11 heavy (non-hydrogen) atoms. The van der Waals surface area contributed by atoms with Crippen LogP contribution in [0.1, 0.15) is 26.0 Å². The van der Waals surface area contributed by atoms with Crippen molar-refractivity contribution in [2.45, 2.75) is 33.2 Å². The number of hydrogen-bond donors (Lipinski definition) is 1. The fourth-order valence-corrected chi connectivity index (χ4v) is 1.19. The molecular weight excluding hydrogens is 138 g/mol. The maximum Gasteiger partial charge on any atom is 0.200 e. The molecule has 0 aliphatic heterocycles. The van der Waals surface area contributed by atoms with E-state index in [9.17, 15) is 0 Å². The second kappa shape index (κ2) is 3.42. The maximum atomic E-state index is 5.65. The fraction of sp³-hybridized carbons (Fsp3) is 0.625. The molecule has 0 unspecified atom stereocenters. The number of aryl methyl sites for hydroxylation is 1. The number of rotatable bonds is 3. The number of anilines is 1. The highest BCUT2D eigenvalue weighted by atomic mass is 15.1. The van der Waals surface area contributed by atoms with Gasteiger partial charge in [0.15, 0.2) is 5.95 Å². The first-order chi connectivity index (χ1) is 5.29. The first-order valence-electron chi connectivity index (χ1n) is 4.09. The number of nitrogens with two attached hydrogens (primary N) is 1. The van der Waals surface area contributed by atoms with Crippen LogP contribution in [-0.2, 0) is 13.0 Å². The van der Waals surface area contributed by atoms with Gasteiger partial charge in [-0.25, -0.2) is 4.98 Å². The Bertz CT molecular complexity index is 227. The smallest absolute Gasteiger partial charge is 0.200 e. The van der Waals surface area contributed by atoms with Gasteiger partial charge in [0.2, 0.25) is 0 Å². The van der Waals surface area contributed by atoms with Crippen molar-refractivity contribution in [3.05, 3.63) is 11.9 Å². The Kier molecular flexibility index (Phi) is 2.52. The Labute approximate surface area is 67.2 Å². The third-order valence-electron chi connectivity index (χ3n) is 1.78. The van der Waals surface area contributed by atoms with Gasteiger partial charge in [-0.2, -0.15) is 0 Å². The van der Waals surface area contributed by atoms with E-state index in [4.69, 9.17) is 5.73 Å². The van der Waals surface area contributed by atoms with Crippen LogP contribution in [0.5, 0.6) is 0 Å². The molecule has 0 spiro atoms. The molecule has 0 bridgehead atoms. The summed E-state index contributed by atoms with van der Waals surface area (Å²) in [4.78, 5) is 4.05. The van der Waals surface area contributed by atoms with E-state index in [1.165, 1.54) is 5.69 Å². The molecule has 1 heterocycles. The van der Waals surface area contributed by atoms with Crippen molar-refractivity contribution in [1.82, 2.24) is 9.55 Å². The normalized spacial score (nSPS) is 10.4. The van der Waals surface area contributed by atoms with E-state index in [1.54, 1.807) is 0 Å². The average molecular weight is 153 g/mol. The average Bonchev–Trinajstić information content (AvgIpc) is 2.34. The van der Waals surface area contributed by atoms with Gasteiger partial charge in [0.1, 0.15) is 0 Å². The molecule has 3 nitrogen and oxygen atoms in total. The Morgan fingerprint density at radius 2 is 2.27 bits per heavy atom. The molecule has 0 atom stereocenters. The molecule has 62 valence electrons. The largest absolute Gasteiger partial charge is 0.369 e. The Morgan fingerprint density at radius 1 is 1.55 bits per heavy atom. The minimum absolute atomic E-state index is 0.642. The van der Waals surface area contributed by atoms with E-state index in [0.717, 1.165) is 19.4 Å². The van der Waals surface area contributed by atoms with Crippen LogP contribution in [0.3, 0.4) is 0 Å². The molecule has 0 radical (unpaired) electrons. The second-order valence-electron chi connectivity index (χ2n) is 2.61. The van der Waals surface area contributed by atoms with Crippen molar-refractivity contribution in [3.63, 3.8) is 0 Å². The molecule has 1 aromatic heterocycles. The van der Waals surface area contributed by atoms with Crippen molar-refractivity contribution < 1.29 is 0 Å². The van der Waals surface area contributed by atoms with Crippen LogP contribution in [-0.4, -0.2) is 9.55 Å². The molecule has 1 aromatic rings. The lowest BCUT2D eigenvalue weighted by molar-refractivity contribution is 0.659. The minimum atomic E-state index is 0.642. The fourth-order valence-electron chi connectivity index (χ4n) is 1.19. The molecule has 0 fully saturated rings. The number of nitrogen functional groups attached to an aromatic ring is 1. The van der Waals surface area contributed by atoms with Crippen LogP contribution in [0.25, 0.3) is 0 Å². The standard InChI is InChI=1S/C8H15N3/c1-3-5-11-7(4-2)6-10-8(11)9/h6H,3-5H2,1-2H3,(H2,9,10). The van der Waals surface area contributed by atoms with Crippen molar-refractivity contribution in [2.75, 3.05) is 5.73 Å². The third kappa shape index (κ3) is 1.53. The van der Waals surface area contributed by atoms with E-state index in [2.05, 4.69) is 23.4 Å². The molecule has 0 aliphatic rings. The second-order valence-corrected chi connectivity index (χ2v) is 2.61. The summed E-state index contributed by atoms with van der Waals surface area (Å²) in [7, 11) is 0. The highest BCUT2D eigenvalue weighted by molar-refractivity contribution is 5.22. The molecule has 2 N–H and O–H groups in total. The van der Waals surface area contributed by atoms with Crippen LogP contribution in [0.4, 0.5) is 5.95 Å². The lowest BCUT2D eigenvalue weighted by Gasteiger charge is -2.05. The van der Waals surface area contributed by atoms with Crippen LogP contribution in [0, 0.1) is 0 Å². The van der Waals surface area contributed by atoms with Gasteiger partial charge in [0.25, 0.3) is 0 Å². The summed E-state index contributed by atoms with van der Waals surface area (Å²) in [5, 5.41) is 0. The van der Waals surface area contributed by atoms with Gasteiger partial charge >= 0.3 is 0 Å². The summed E-state index contributed by atoms with van der Waals surface area (Å²) in [5.41, 5.74) is 6.88. The van der Waals surface area contributed by atoms with Gasteiger partial charge in [-0.15, -0.1) is 0 Å². The lowest BCUT2D eigenvalue weighted by Crippen LogP contribution is -2.05. The van der Waals surface area contributed by atoms with Gasteiger partial charge in [-0.05, 0) is 12.8 Å². The summed E-state index contributed by atoms with van der Waals surface area (Å²) in [6, 6.07) is 0. The first-order valence-corrected chi connectivity index (χ1v) is 4.09. The van der Waals surface area contributed by atoms with Crippen molar-refractivity contribution in [2.24, 2.45) is 0 Å². The SMILES string of the molecule is CCCn1c(CC)cnc1N. The monoisotopic (exact) mass is 153 g/mol. The molecule has 0 aliphatic carbocycles. The molecule has 1 rings (SSSR count). The zero-order valence-corrected chi connectivity index (χ0v) is 7.17. The van der Waals surface area contributed by atoms with E-state index < -0.39 is 0 Å². The Morgan fingerprint density at radius 3 is 2.82 bits per heavy atom. The number of imidazole rings is 1. The lowest BCUT2D eigenvalue weighted by atomic mass is 10.3. The van der Waals surface area contributed by atoms with E-state index in [1.807, 2.05) is 6.20 Å². The van der Waals surface area contributed by atoms with Crippen molar-refractivity contribution in [1.29, 1.82) is 0 Å². The maximum absolute atomic E-state index is 5.65. The number of hydrogen-bond acceptors (Lipinski definition) is 2. The third-order valence-corrected chi connectivity index (χ3v) is 1.78. The van der Waals surface area contributed by atoms with Crippen LogP contribution < -0.4 is 5.73 Å².